The molecule has 0 saturated carbocycles. The van der Waals surface area contributed by atoms with Crippen LogP contribution in [0.5, 0.6) is 5.75 Å². The van der Waals surface area contributed by atoms with Crippen LogP contribution in [0.3, 0.4) is 0 Å². The van der Waals surface area contributed by atoms with Crippen molar-refractivity contribution >= 4 is 5.91 Å². The van der Waals surface area contributed by atoms with Gasteiger partial charge in [-0.2, -0.15) is 0 Å². The second kappa shape index (κ2) is 7.68. The Morgan fingerprint density at radius 2 is 1.78 bits per heavy atom. The quantitative estimate of drug-likeness (QED) is 0.833. The number of ether oxygens (including phenoxy) is 1. The zero-order chi connectivity index (χ0) is 17.7. The number of hydrogen-bond donors (Lipinski definition) is 1. The first-order valence-corrected chi connectivity index (χ1v) is 7.35. The molecule has 1 rings (SSSR count). The molecule has 1 aromatic rings. The predicted molar refractivity (Wildman–Crippen MR) is 82.0 cm³/mol. The first-order chi connectivity index (χ1) is 10.5. The molecule has 0 aliphatic heterocycles. The van der Waals surface area contributed by atoms with Gasteiger partial charge in [0.2, 0.25) is 5.91 Å². The first-order valence-electron chi connectivity index (χ1n) is 7.35. The average Bonchev–Trinajstić information content (AvgIpc) is 2.38. The number of amides is 1. The largest absolute Gasteiger partial charge is 0.573 e. The number of hydrogen-bond acceptors (Lipinski definition) is 3. The maximum absolute atomic E-state index is 12.1. The number of carbonyl (C=O) groups excluding carboxylic acids is 1. The van der Waals surface area contributed by atoms with Crippen LogP contribution in [0.25, 0.3) is 0 Å². The Hall–Kier alpha value is -1.76. The van der Waals surface area contributed by atoms with Gasteiger partial charge >= 0.3 is 6.36 Å². The third-order valence-electron chi connectivity index (χ3n) is 3.38. The second-order valence-electron chi connectivity index (χ2n) is 6.15. The van der Waals surface area contributed by atoms with Crippen molar-refractivity contribution in [3.05, 3.63) is 29.8 Å². The van der Waals surface area contributed by atoms with Crippen LogP contribution in [-0.4, -0.2) is 36.3 Å². The highest BCUT2D eigenvalue weighted by Crippen LogP contribution is 2.22. The van der Waals surface area contributed by atoms with Crippen molar-refractivity contribution in [1.29, 1.82) is 0 Å². The first kappa shape index (κ1) is 19.3. The van der Waals surface area contributed by atoms with Crippen LogP contribution in [0.15, 0.2) is 24.3 Å². The van der Waals surface area contributed by atoms with Gasteiger partial charge in [0.05, 0.1) is 6.54 Å². The summed E-state index contributed by atoms with van der Waals surface area (Å²) in [5, 5.41) is 2.93. The highest BCUT2D eigenvalue weighted by atomic mass is 19.4. The normalized spacial score (nSPS) is 12.3. The predicted octanol–water partition coefficient (Wildman–Crippen LogP) is 3.32. The fourth-order valence-corrected chi connectivity index (χ4v) is 1.91. The molecule has 1 amide bonds. The Bertz CT molecular complexity index is 513. The molecular weight excluding hydrogens is 309 g/mol. The van der Waals surface area contributed by atoms with Crippen molar-refractivity contribution in [2.75, 3.05) is 13.6 Å². The molecule has 0 aliphatic carbocycles. The lowest BCUT2D eigenvalue weighted by Crippen LogP contribution is -2.46. The Morgan fingerprint density at radius 3 is 2.26 bits per heavy atom. The minimum Gasteiger partial charge on any atom is -0.406 e. The van der Waals surface area contributed by atoms with Crippen molar-refractivity contribution in [3.63, 3.8) is 0 Å². The van der Waals surface area contributed by atoms with Crippen molar-refractivity contribution in [2.24, 2.45) is 0 Å². The molecule has 0 saturated heterocycles. The van der Waals surface area contributed by atoms with E-state index < -0.39 is 6.36 Å². The van der Waals surface area contributed by atoms with Gasteiger partial charge in [-0.3, -0.25) is 9.69 Å². The fourth-order valence-electron chi connectivity index (χ4n) is 1.91. The molecule has 0 heterocycles. The number of alkyl halides is 3. The molecule has 1 N–H and O–H groups in total. The van der Waals surface area contributed by atoms with Gasteiger partial charge in [0.15, 0.2) is 0 Å². The van der Waals surface area contributed by atoms with E-state index in [0.717, 1.165) is 12.0 Å². The third kappa shape index (κ3) is 7.88. The van der Waals surface area contributed by atoms with Gasteiger partial charge in [0.25, 0.3) is 0 Å². The lowest BCUT2D eigenvalue weighted by molar-refractivity contribution is -0.274. The maximum Gasteiger partial charge on any atom is 0.573 e. The monoisotopic (exact) mass is 332 g/mol. The van der Waals surface area contributed by atoms with E-state index in [4.69, 9.17) is 0 Å². The number of carbonyl (C=O) groups is 1. The molecule has 0 radical (unpaired) electrons. The Balaban J connectivity index is 2.51. The summed E-state index contributed by atoms with van der Waals surface area (Å²) in [7, 11) is 1.78. The molecular formula is C16H23F3N2O2. The van der Waals surface area contributed by atoms with E-state index in [9.17, 15) is 18.0 Å². The number of halogens is 3. The van der Waals surface area contributed by atoms with Gasteiger partial charge in [0, 0.05) is 12.1 Å². The van der Waals surface area contributed by atoms with E-state index in [1.165, 1.54) is 12.1 Å². The summed E-state index contributed by atoms with van der Waals surface area (Å²) in [4.78, 5) is 13.7. The van der Waals surface area contributed by atoms with Gasteiger partial charge in [-0.05, 0) is 45.0 Å². The smallest absolute Gasteiger partial charge is 0.406 e. The molecule has 0 atom stereocenters. The summed E-state index contributed by atoms with van der Waals surface area (Å²) < 4.78 is 40.1. The van der Waals surface area contributed by atoms with Crippen LogP contribution in [0.1, 0.15) is 32.8 Å². The molecule has 0 fully saturated rings. The summed E-state index contributed by atoms with van der Waals surface area (Å²) >= 11 is 0. The fraction of sp³-hybridized carbons (Fsp3) is 0.562. The van der Waals surface area contributed by atoms with Crippen LogP contribution in [0.2, 0.25) is 0 Å². The van der Waals surface area contributed by atoms with Crippen LogP contribution in [-0.2, 0) is 11.3 Å². The molecule has 1 aromatic carbocycles. The van der Waals surface area contributed by atoms with E-state index in [1.807, 2.05) is 20.8 Å². The maximum atomic E-state index is 12.1. The summed E-state index contributed by atoms with van der Waals surface area (Å²) in [6.07, 6.45) is -3.87. The summed E-state index contributed by atoms with van der Waals surface area (Å²) in [5.41, 5.74) is 0.540. The summed E-state index contributed by atoms with van der Waals surface area (Å²) in [6, 6.07) is 5.62. The van der Waals surface area contributed by atoms with Gasteiger partial charge in [-0.15, -0.1) is 13.2 Å². The Labute approximate surface area is 134 Å². The Morgan fingerprint density at radius 1 is 1.22 bits per heavy atom. The van der Waals surface area contributed by atoms with Crippen molar-refractivity contribution in [1.82, 2.24) is 10.2 Å². The lowest BCUT2D eigenvalue weighted by atomic mass is 10.0. The molecule has 23 heavy (non-hydrogen) atoms. The number of likely N-dealkylation sites (N-methyl/N-ethyl adjacent to an activating group) is 1. The standard InChI is InChI=1S/C16H23F3N2O2/c1-5-15(2,3)20-14(22)11-21(4)10-12-6-8-13(9-7-12)23-16(17,18)19/h6-9H,5,10-11H2,1-4H3,(H,20,22). The molecule has 130 valence electrons. The highest BCUT2D eigenvalue weighted by molar-refractivity contribution is 5.78. The number of rotatable bonds is 7. The van der Waals surface area contributed by atoms with E-state index in [0.29, 0.717) is 6.54 Å². The molecule has 0 aromatic heterocycles. The summed E-state index contributed by atoms with van der Waals surface area (Å²) in [5.74, 6) is -0.345. The highest BCUT2D eigenvalue weighted by Gasteiger charge is 2.30. The van der Waals surface area contributed by atoms with Crippen LogP contribution < -0.4 is 10.1 Å². The topological polar surface area (TPSA) is 41.6 Å². The van der Waals surface area contributed by atoms with Gasteiger partial charge in [-0.25, -0.2) is 0 Å². The van der Waals surface area contributed by atoms with Crippen LogP contribution >= 0.6 is 0 Å². The number of nitrogens with one attached hydrogen (secondary N) is 1. The van der Waals surface area contributed by atoms with Gasteiger partial charge in [-0.1, -0.05) is 19.1 Å². The average molecular weight is 332 g/mol. The molecule has 0 spiro atoms. The molecule has 0 bridgehead atoms. The molecule has 4 nitrogen and oxygen atoms in total. The van der Waals surface area contributed by atoms with Crippen LogP contribution in [0.4, 0.5) is 13.2 Å². The van der Waals surface area contributed by atoms with Crippen molar-refractivity contribution < 1.29 is 22.7 Å². The van der Waals surface area contributed by atoms with E-state index in [1.54, 1.807) is 24.1 Å². The van der Waals surface area contributed by atoms with Crippen molar-refractivity contribution in [2.45, 2.75) is 45.6 Å². The Kier molecular flexibility index (Phi) is 6.44. The molecule has 0 unspecified atom stereocenters. The number of nitrogens with zero attached hydrogens (tertiary/aromatic N) is 1. The minimum absolute atomic E-state index is 0.0867. The zero-order valence-corrected chi connectivity index (χ0v) is 13.8. The van der Waals surface area contributed by atoms with E-state index >= 15 is 0 Å². The molecule has 7 heteroatoms. The number of benzene rings is 1. The second-order valence-corrected chi connectivity index (χ2v) is 6.15. The van der Waals surface area contributed by atoms with E-state index in [2.05, 4.69) is 10.1 Å². The lowest BCUT2D eigenvalue weighted by Gasteiger charge is -2.26. The SMILES string of the molecule is CCC(C)(C)NC(=O)CN(C)Cc1ccc(OC(F)(F)F)cc1. The van der Waals surface area contributed by atoms with Gasteiger partial charge < -0.3 is 10.1 Å². The zero-order valence-electron chi connectivity index (χ0n) is 13.8. The summed E-state index contributed by atoms with van der Waals surface area (Å²) in [6.45, 7) is 6.56. The third-order valence-corrected chi connectivity index (χ3v) is 3.38. The van der Waals surface area contributed by atoms with E-state index in [-0.39, 0.29) is 23.7 Å². The van der Waals surface area contributed by atoms with Crippen LogP contribution in [0, 0.1) is 0 Å². The molecule has 0 aliphatic rings. The minimum atomic E-state index is -4.69. The van der Waals surface area contributed by atoms with Crippen molar-refractivity contribution in [3.8, 4) is 5.75 Å². The van der Waals surface area contributed by atoms with Gasteiger partial charge in [0.1, 0.15) is 5.75 Å².